The Hall–Kier alpha value is -1.89. The van der Waals surface area contributed by atoms with Crippen molar-refractivity contribution in [2.24, 2.45) is 0 Å². The maximum atomic E-state index is 13.3. The van der Waals surface area contributed by atoms with Crippen LogP contribution in [0.1, 0.15) is 0 Å². The van der Waals surface area contributed by atoms with Crippen LogP contribution in [0.3, 0.4) is 0 Å². The van der Waals surface area contributed by atoms with Crippen molar-refractivity contribution in [1.29, 1.82) is 0 Å². The second-order valence-electron chi connectivity index (χ2n) is 4.64. The van der Waals surface area contributed by atoms with Crippen molar-refractivity contribution in [2.45, 2.75) is 36.0 Å². The monoisotopic (exact) mass is 411 g/mol. The van der Waals surface area contributed by atoms with Crippen LogP contribution in [0.4, 0.5) is 57.1 Å². The molecule has 0 unspecified atom stereocenters. The van der Waals surface area contributed by atoms with Crippen LogP contribution in [0.25, 0.3) is 0 Å². The van der Waals surface area contributed by atoms with Crippen molar-refractivity contribution in [2.75, 3.05) is 0 Å². The van der Waals surface area contributed by atoms with Gasteiger partial charge in [-0.2, -0.15) is 57.1 Å². The number of hydrogen-bond acceptors (Lipinski definition) is 1. The Morgan fingerprint density at radius 1 is 0.615 bits per heavy atom. The van der Waals surface area contributed by atoms with E-state index >= 15 is 0 Å². The highest BCUT2D eigenvalue weighted by molar-refractivity contribution is 5.21. The Balaban J connectivity index is 3.38. The lowest BCUT2D eigenvalue weighted by molar-refractivity contribution is -0.456. The number of alkyl halides is 13. The summed E-state index contributed by atoms with van der Waals surface area (Å²) in [5, 5.41) is 0. The topological polar surface area (TPSA) is 9.23 Å². The summed E-state index contributed by atoms with van der Waals surface area (Å²) in [6, 6.07) is 4.67. The van der Waals surface area contributed by atoms with Crippen LogP contribution in [0, 0.1) is 6.07 Å². The third kappa shape index (κ3) is 3.13. The molecule has 0 spiro atoms. The van der Waals surface area contributed by atoms with Crippen LogP contribution in [0.15, 0.2) is 24.3 Å². The van der Waals surface area contributed by atoms with Crippen molar-refractivity contribution in [1.82, 2.24) is 0 Å². The molecule has 0 saturated carbocycles. The lowest BCUT2D eigenvalue weighted by atomic mass is 9.97. The summed E-state index contributed by atoms with van der Waals surface area (Å²) in [5.74, 6) is -32.5. The van der Waals surface area contributed by atoms with Gasteiger partial charge in [-0.05, 0) is 6.07 Å². The molecule has 0 N–H and O–H groups in total. The first kappa shape index (κ1) is 22.2. The zero-order valence-corrected chi connectivity index (χ0v) is 11.6. The summed E-state index contributed by atoms with van der Waals surface area (Å²) in [6.45, 7) is 0. The molecule has 26 heavy (non-hydrogen) atoms. The van der Waals surface area contributed by atoms with Crippen molar-refractivity contribution in [3.63, 3.8) is 0 Å². The van der Waals surface area contributed by atoms with Gasteiger partial charge >= 0.3 is 36.0 Å². The summed E-state index contributed by atoms with van der Waals surface area (Å²) < 4.78 is 169. The Kier molecular flexibility index (Phi) is 5.18. The van der Waals surface area contributed by atoms with E-state index in [1.807, 2.05) is 0 Å². The molecule has 0 aliphatic carbocycles. The van der Waals surface area contributed by atoms with Gasteiger partial charge in [0.1, 0.15) is 5.75 Å². The maximum Gasteiger partial charge on any atom is 0.471 e. The molecule has 0 atom stereocenters. The summed E-state index contributed by atoms with van der Waals surface area (Å²) in [4.78, 5) is 0. The fourth-order valence-corrected chi connectivity index (χ4v) is 1.40. The van der Waals surface area contributed by atoms with E-state index in [0.29, 0.717) is 6.07 Å². The largest absolute Gasteiger partial charge is 0.471 e. The predicted molar refractivity (Wildman–Crippen MR) is 56.7 cm³/mol. The van der Waals surface area contributed by atoms with E-state index in [1.54, 1.807) is 6.07 Å². The molecule has 1 radical (unpaired) electrons. The number of halogens is 13. The predicted octanol–water partition coefficient (Wildman–Crippen LogP) is 5.56. The first-order chi connectivity index (χ1) is 11.3. The summed E-state index contributed by atoms with van der Waals surface area (Å²) in [6.07, 6.45) is -14.1. The Labute approximate surface area is 135 Å². The molecule has 1 rings (SSSR count). The molecule has 0 fully saturated rings. The number of para-hydroxylation sites is 1. The summed E-state index contributed by atoms with van der Waals surface area (Å²) >= 11 is 0. The zero-order chi connectivity index (χ0) is 20.8. The quantitative estimate of drug-likeness (QED) is 0.557. The Morgan fingerprint density at radius 3 is 1.46 bits per heavy atom. The van der Waals surface area contributed by atoms with Crippen LogP contribution in [-0.4, -0.2) is 36.0 Å². The van der Waals surface area contributed by atoms with Crippen molar-refractivity contribution >= 4 is 0 Å². The molecular formula is C12H4F13O. The summed E-state index contributed by atoms with van der Waals surface area (Å²) in [5.41, 5.74) is 0. The van der Waals surface area contributed by atoms with Gasteiger partial charge in [-0.1, -0.05) is 18.2 Å². The maximum absolute atomic E-state index is 13.3. The van der Waals surface area contributed by atoms with Crippen molar-refractivity contribution < 1.29 is 61.8 Å². The van der Waals surface area contributed by atoms with E-state index in [4.69, 9.17) is 0 Å². The average molecular weight is 411 g/mol. The molecule has 0 bridgehead atoms. The van der Waals surface area contributed by atoms with E-state index in [1.165, 1.54) is 0 Å². The van der Waals surface area contributed by atoms with E-state index in [9.17, 15) is 57.1 Å². The van der Waals surface area contributed by atoms with Gasteiger partial charge in [0.25, 0.3) is 0 Å². The molecular weight excluding hydrogens is 407 g/mol. The molecule has 0 aliphatic heterocycles. The number of ether oxygens (including phenoxy) is 1. The fraction of sp³-hybridized carbons (Fsp3) is 0.500. The number of benzene rings is 1. The summed E-state index contributed by atoms with van der Waals surface area (Å²) in [7, 11) is 0. The molecule has 0 amide bonds. The Bertz CT molecular complexity index is 620. The van der Waals surface area contributed by atoms with E-state index in [2.05, 4.69) is 4.74 Å². The standard InChI is InChI=1S/C12H4F13O/c13-7(14,9(17,18)11(21,22)23)8(15,16)10(19,20)12(24,25)26-6-4-2-1-3-5-6/h1-4H. The average Bonchev–Trinajstić information content (AvgIpc) is 2.45. The minimum Gasteiger partial charge on any atom is -0.427 e. The minimum atomic E-state index is -7.95. The molecule has 0 aromatic heterocycles. The molecule has 0 heterocycles. The second kappa shape index (κ2) is 6.08. The molecule has 1 aromatic rings. The van der Waals surface area contributed by atoms with Gasteiger partial charge in [0.15, 0.2) is 0 Å². The molecule has 1 nitrogen and oxygen atoms in total. The highest BCUT2D eigenvalue weighted by atomic mass is 19.4. The van der Waals surface area contributed by atoms with Crippen LogP contribution < -0.4 is 4.74 Å². The first-order valence-corrected chi connectivity index (χ1v) is 5.94. The van der Waals surface area contributed by atoms with Gasteiger partial charge in [0.2, 0.25) is 0 Å². The van der Waals surface area contributed by atoms with Gasteiger partial charge in [-0.15, -0.1) is 0 Å². The highest BCUT2D eigenvalue weighted by Crippen LogP contribution is 2.60. The number of rotatable bonds is 6. The number of hydrogen-bond donors (Lipinski definition) is 0. The van der Waals surface area contributed by atoms with Crippen LogP contribution >= 0.6 is 0 Å². The van der Waals surface area contributed by atoms with E-state index < -0.39 is 41.7 Å². The van der Waals surface area contributed by atoms with Crippen molar-refractivity contribution in [3.05, 3.63) is 30.3 Å². The third-order valence-corrected chi connectivity index (χ3v) is 2.82. The zero-order valence-electron chi connectivity index (χ0n) is 11.6. The molecule has 0 saturated heterocycles. The lowest BCUT2D eigenvalue weighted by Gasteiger charge is -2.39. The Morgan fingerprint density at radius 2 is 1.08 bits per heavy atom. The van der Waals surface area contributed by atoms with E-state index in [-0.39, 0.29) is 0 Å². The molecule has 149 valence electrons. The van der Waals surface area contributed by atoms with Crippen LogP contribution in [-0.2, 0) is 0 Å². The van der Waals surface area contributed by atoms with Gasteiger partial charge in [0.05, 0.1) is 0 Å². The van der Waals surface area contributed by atoms with E-state index in [0.717, 1.165) is 18.2 Å². The smallest absolute Gasteiger partial charge is 0.427 e. The van der Waals surface area contributed by atoms with Gasteiger partial charge < -0.3 is 4.74 Å². The highest BCUT2D eigenvalue weighted by Gasteiger charge is 2.91. The van der Waals surface area contributed by atoms with Crippen LogP contribution in [0.5, 0.6) is 5.75 Å². The molecule has 14 heteroatoms. The molecule has 1 aromatic carbocycles. The van der Waals surface area contributed by atoms with Crippen molar-refractivity contribution in [3.8, 4) is 5.75 Å². The SMILES string of the molecule is FC(F)(F)C(F)(F)C(F)(F)C(F)(F)C(F)(F)C(F)(F)Oc1[c]cccc1. The normalized spacial score (nSPS) is 15.1. The van der Waals surface area contributed by atoms with Gasteiger partial charge in [-0.25, -0.2) is 0 Å². The first-order valence-electron chi connectivity index (χ1n) is 5.94. The minimum absolute atomic E-state index is 0.421. The van der Waals surface area contributed by atoms with Gasteiger partial charge in [-0.3, -0.25) is 0 Å². The lowest BCUT2D eigenvalue weighted by Crippen LogP contribution is -2.70. The third-order valence-electron chi connectivity index (χ3n) is 2.82. The van der Waals surface area contributed by atoms with Gasteiger partial charge in [0, 0.05) is 6.07 Å². The molecule has 0 aliphatic rings. The fourth-order valence-electron chi connectivity index (χ4n) is 1.40. The van der Waals surface area contributed by atoms with Crippen LogP contribution in [0.2, 0.25) is 0 Å². The second-order valence-corrected chi connectivity index (χ2v) is 4.64.